The summed E-state index contributed by atoms with van der Waals surface area (Å²) >= 11 is 0. The lowest BCUT2D eigenvalue weighted by atomic mass is 9.79. The standard InChI is InChI=1S/C33H35N5O3/c1-32(11-12-32)31(41)38(20-24-7-3-2-6-23(24)19-37-14-5-15-37)21-28(39)35-26-10-9-22-17-33(18-25(22)16-26)27-8-4-13-34-29(27)36-30(33)40/h2-4,6-10,13,16H,5,11-12,14-15,17-21H2,1H3,(H,35,39)(H,34,36,40). The summed E-state index contributed by atoms with van der Waals surface area (Å²) < 4.78 is 0. The molecule has 1 spiro atoms. The normalized spacial score (nSPS) is 21.5. The highest BCUT2D eigenvalue weighted by Crippen LogP contribution is 2.48. The lowest BCUT2D eigenvalue weighted by molar-refractivity contribution is -0.139. The highest BCUT2D eigenvalue weighted by atomic mass is 16.2. The lowest BCUT2D eigenvalue weighted by Gasteiger charge is -2.32. The SMILES string of the molecule is CC1(C(=O)N(CC(=O)Nc2ccc3c(c2)CC2(C3)C(=O)Nc3ncccc32)Cc2ccccc2CN2CCC2)CC1. The minimum atomic E-state index is -0.652. The highest BCUT2D eigenvalue weighted by Gasteiger charge is 2.51. The predicted molar refractivity (Wildman–Crippen MR) is 156 cm³/mol. The van der Waals surface area contributed by atoms with Gasteiger partial charge in [0.15, 0.2) is 0 Å². The van der Waals surface area contributed by atoms with Crippen LogP contribution in [0, 0.1) is 5.41 Å². The van der Waals surface area contributed by atoms with Gasteiger partial charge in [0.1, 0.15) is 12.4 Å². The van der Waals surface area contributed by atoms with E-state index in [1.54, 1.807) is 11.1 Å². The Balaban J connectivity index is 1.07. The van der Waals surface area contributed by atoms with E-state index in [9.17, 15) is 14.4 Å². The number of hydrogen-bond donors (Lipinski definition) is 2. The Morgan fingerprint density at radius 1 is 1.02 bits per heavy atom. The van der Waals surface area contributed by atoms with E-state index in [-0.39, 0.29) is 29.7 Å². The molecular formula is C33H35N5O3. The molecule has 8 nitrogen and oxygen atoms in total. The molecule has 210 valence electrons. The van der Waals surface area contributed by atoms with Crippen molar-refractivity contribution in [1.29, 1.82) is 0 Å². The Morgan fingerprint density at radius 2 is 1.80 bits per heavy atom. The van der Waals surface area contributed by atoms with E-state index in [2.05, 4.69) is 32.7 Å². The second-order valence-corrected chi connectivity index (χ2v) is 12.4. The van der Waals surface area contributed by atoms with Crippen molar-refractivity contribution in [1.82, 2.24) is 14.8 Å². The summed E-state index contributed by atoms with van der Waals surface area (Å²) in [6, 6.07) is 18.0. The predicted octanol–water partition coefficient (Wildman–Crippen LogP) is 4.04. The topological polar surface area (TPSA) is 94.6 Å². The molecular weight excluding hydrogens is 514 g/mol. The zero-order chi connectivity index (χ0) is 28.2. The molecule has 2 N–H and O–H groups in total. The number of carbonyl (C=O) groups is 3. The lowest BCUT2D eigenvalue weighted by Crippen LogP contribution is -2.41. The van der Waals surface area contributed by atoms with E-state index in [4.69, 9.17) is 0 Å². The smallest absolute Gasteiger partial charge is 0.244 e. The van der Waals surface area contributed by atoms with Gasteiger partial charge in [0, 0.05) is 36.0 Å². The molecule has 2 fully saturated rings. The van der Waals surface area contributed by atoms with Crippen LogP contribution in [0.1, 0.15) is 54.0 Å². The first-order valence-electron chi connectivity index (χ1n) is 14.6. The first-order chi connectivity index (χ1) is 19.8. The minimum absolute atomic E-state index is 0.00502. The Bertz CT molecular complexity index is 1560. The fraction of sp³-hybridized carbons (Fsp3) is 0.394. The average Bonchev–Trinajstić information content (AvgIpc) is 3.48. The largest absolute Gasteiger partial charge is 0.329 e. The number of pyridine rings is 1. The Kier molecular flexibility index (Phi) is 6.19. The van der Waals surface area contributed by atoms with Gasteiger partial charge in [-0.1, -0.05) is 43.3 Å². The second kappa shape index (κ2) is 9.80. The van der Waals surface area contributed by atoms with Crippen LogP contribution in [0.4, 0.5) is 11.5 Å². The van der Waals surface area contributed by atoms with Crippen molar-refractivity contribution in [2.24, 2.45) is 5.41 Å². The first-order valence-corrected chi connectivity index (χ1v) is 14.6. The molecule has 3 amide bonds. The number of amides is 3. The monoisotopic (exact) mass is 549 g/mol. The van der Waals surface area contributed by atoms with Crippen molar-refractivity contribution in [3.8, 4) is 0 Å². The van der Waals surface area contributed by atoms with Crippen molar-refractivity contribution in [2.75, 3.05) is 30.3 Å². The number of rotatable bonds is 8. The molecule has 3 aromatic rings. The van der Waals surface area contributed by atoms with Gasteiger partial charge in [0.2, 0.25) is 17.7 Å². The van der Waals surface area contributed by atoms with Crippen molar-refractivity contribution in [3.05, 3.63) is 88.6 Å². The van der Waals surface area contributed by atoms with E-state index < -0.39 is 5.41 Å². The summed E-state index contributed by atoms with van der Waals surface area (Å²) in [4.78, 5) is 48.4. The van der Waals surface area contributed by atoms with Crippen LogP contribution in [0.25, 0.3) is 0 Å². The van der Waals surface area contributed by atoms with Crippen LogP contribution in [0.5, 0.6) is 0 Å². The number of benzene rings is 2. The summed E-state index contributed by atoms with van der Waals surface area (Å²) in [5.74, 6) is 0.440. The van der Waals surface area contributed by atoms with Gasteiger partial charge in [0.25, 0.3) is 0 Å². The third-order valence-corrected chi connectivity index (χ3v) is 9.42. The molecule has 2 aromatic carbocycles. The molecule has 4 aliphatic rings. The number of carbonyl (C=O) groups excluding carboxylic acids is 3. The summed E-state index contributed by atoms with van der Waals surface area (Å²) in [6.07, 6.45) is 5.81. The first kappa shape index (κ1) is 25.9. The number of nitrogens with one attached hydrogen (secondary N) is 2. The van der Waals surface area contributed by atoms with Crippen LogP contribution >= 0.6 is 0 Å². The quantitative estimate of drug-likeness (QED) is 0.442. The number of nitrogens with zero attached hydrogens (tertiary/aromatic N) is 3. The molecule has 41 heavy (non-hydrogen) atoms. The molecule has 3 heterocycles. The van der Waals surface area contributed by atoms with Crippen molar-refractivity contribution < 1.29 is 14.4 Å². The maximum atomic E-state index is 13.5. The number of hydrogen-bond acceptors (Lipinski definition) is 5. The summed E-state index contributed by atoms with van der Waals surface area (Å²) in [5, 5.41) is 5.98. The number of fused-ring (bicyclic) bond motifs is 3. The van der Waals surface area contributed by atoms with Gasteiger partial charge >= 0.3 is 0 Å². The third-order valence-electron chi connectivity index (χ3n) is 9.42. The number of likely N-dealkylation sites (tertiary alicyclic amines) is 1. The fourth-order valence-electron chi connectivity index (χ4n) is 6.55. The van der Waals surface area contributed by atoms with Gasteiger partial charge in [-0.15, -0.1) is 0 Å². The zero-order valence-electron chi connectivity index (χ0n) is 23.4. The number of aromatic nitrogens is 1. The van der Waals surface area contributed by atoms with E-state index in [1.165, 1.54) is 12.0 Å². The van der Waals surface area contributed by atoms with Gasteiger partial charge in [-0.05, 0) is 85.6 Å². The van der Waals surface area contributed by atoms with Crippen molar-refractivity contribution in [3.63, 3.8) is 0 Å². The van der Waals surface area contributed by atoms with Gasteiger partial charge in [-0.25, -0.2) is 4.98 Å². The van der Waals surface area contributed by atoms with Crippen LogP contribution in [0.3, 0.4) is 0 Å². The van der Waals surface area contributed by atoms with Gasteiger partial charge in [-0.3, -0.25) is 19.3 Å². The Labute approximate surface area is 240 Å². The third kappa shape index (κ3) is 4.70. The molecule has 1 aromatic heterocycles. The van der Waals surface area contributed by atoms with Gasteiger partial charge in [-0.2, -0.15) is 0 Å². The second-order valence-electron chi connectivity index (χ2n) is 12.4. The molecule has 1 saturated heterocycles. The molecule has 1 unspecified atom stereocenters. The molecule has 7 rings (SSSR count). The van der Waals surface area contributed by atoms with E-state index >= 15 is 0 Å². The minimum Gasteiger partial charge on any atom is -0.329 e. The molecule has 0 bridgehead atoms. The highest BCUT2D eigenvalue weighted by molar-refractivity contribution is 6.06. The zero-order valence-corrected chi connectivity index (χ0v) is 23.4. The molecule has 2 aliphatic heterocycles. The average molecular weight is 550 g/mol. The fourth-order valence-corrected chi connectivity index (χ4v) is 6.55. The Hall–Kier alpha value is -4.04. The van der Waals surface area contributed by atoms with Crippen molar-refractivity contribution in [2.45, 2.75) is 57.5 Å². The van der Waals surface area contributed by atoms with Crippen LogP contribution in [-0.2, 0) is 45.7 Å². The molecule has 1 atom stereocenters. The molecule has 8 heteroatoms. The van der Waals surface area contributed by atoms with Gasteiger partial charge in [0.05, 0.1) is 5.41 Å². The van der Waals surface area contributed by atoms with Crippen molar-refractivity contribution >= 4 is 29.2 Å². The maximum absolute atomic E-state index is 13.5. The summed E-state index contributed by atoms with van der Waals surface area (Å²) in [6.45, 7) is 5.49. The van der Waals surface area contributed by atoms with Crippen LogP contribution < -0.4 is 10.6 Å². The number of anilines is 2. The maximum Gasteiger partial charge on any atom is 0.244 e. The summed E-state index contributed by atoms with van der Waals surface area (Å²) in [5.41, 5.74) is 5.05. The molecule has 0 radical (unpaired) electrons. The Morgan fingerprint density at radius 3 is 2.56 bits per heavy atom. The van der Waals surface area contributed by atoms with E-state index in [1.807, 2.05) is 49.4 Å². The molecule has 1 saturated carbocycles. The summed E-state index contributed by atoms with van der Waals surface area (Å²) in [7, 11) is 0. The van der Waals surface area contributed by atoms with Crippen LogP contribution in [0.15, 0.2) is 60.8 Å². The molecule has 2 aliphatic carbocycles. The van der Waals surface area contributed by atoms with Crippen LogP contribution in [0.2, 0.25) is 0 Å². The van der Waals surface area contributed by atoms with Crippen LogP contribution in [-0.4, -0.2) is 52.1 Å². The van der Waals surface area contributed by atoms with Gasteiger partial charge < -0.3 is 15.5 Å². The van der Waals surface area contributed by atoms with E-state index in [0.29, 0.717) is 30.9 Å². The van der Waals surface area contributed by atoms with E-state index in [0.717, 1.165) is 54.7 Å².